The average Bonchev–Trinajstić information content (AvgIpc) is 2.97. The van der Waals surface area contributed by atoms with Gasteiger partial charge in [-0.05, 0) is 0 Å². The van der Waals surface area contributed by atoms with E-state index in [0.29, 0.717) is 31.5 Å². The zero-order valence-corrected chi connectivity index (χ0v) is 11.2. The van der Waals surface area contributed by atoms with E-state index in [0.717, 1.165) is 13.1 Å². The number of nitrogens with zero attached hydrogens (tertiary/aromatic N) is 4. The molecular formula is C12H18N4O3. The van der Waals surface area contributed by atoms with Crippen LogP contribution in [0, 0.1) is 0 Å². The number of cyclic esters (lactones) is 1. The first-order chi connectivity index (χ1) is 9.13. The Labute approximate surface area is 111 Å². The van der Waals surface area contributed by atoms with Gasteiger partial charge in [0, 0.05) is 25.6 Å². The first-order valence-electron chi connectivity index (χ1n) is 6.61. The lowest BCUT2D eigenvalue weighted by molar-refractivity contribution is 0.109. The Morgan fingerprint density at radius 2 is 2.21 bits per heavy atom. The fourth-order valence-electron chi connectivity index (χ4n) is 2.45. The molecule has 0 aliphatic carbocycles. The zero-order valence-electron chi connectivity index (χ0n) is 11.2. The summed E-state index contributed by atoms with van der Waals surface area (Å²) in [6, 6.07) is 0.161. The molecule has 1 aromatic heterocycles. The third-order valence-corrected chi connectivity index (χ3v) is 3.54. The Balaban J connectivity index is 1.60. The fraction of sp³-hybridized carbons (Fsp3) is 0.750. The predicted molar refractivity (Wildman–Crippen MR) is 65.5 cm³/mol. The first-order valence-corrected chi connectivity index (χ1v) is 6.61. The number of fused-ring (bicyclic) bond motifs is 1. The van der Waals surface area contributed by atoms with E-state index in [-0.39, 0.29) is 18.1 Å². The number of rotatable bonds is 3. The normalized spacial score (nSPS) is 23.8. The summed E-state index contributed by atoms with van der Waals surface area (Å²) >= 11 is 0. The van der Waals surface area contributed by atoms with Gasteiger partial charge >= 0.3 is 6.09 Å². The van der Waals surface area contributed by atoms with E-state index >= 15 is 0 Å². The number of ether oxygens (including phenoxy) is 1. The standard InChI is InChI=1S/C12H18N4O3/c1-8(2)11-14-13-10(19-11)6-15-3-4-16-9(5-15)7-18-12(16)17/h8-9H,3-7H2,1-2H3/t9-/m1/s1. The van der Waals surface area contributed by atoms with Crippen molar-refractivity contribution in [1.29, 1.82) is 0 Å². The molecule has 3 heterocycles. The van der Waals surface area contributed by atoms with Crippen molar-refractivity contribution in [2.45, 2.75) is 32.4 Å². The van der Waals surface area contributed by atoms with Gasteiger partial charge in [0.1, 0.15) is 6.61 Å². The third kappa shape index (κ3) is 2.42. The van der Waals surface area contributed by atoms with E-state index in [4.69, 9.17) is 9.15 Å². The Morgan fingerprint density at radius 3 is 2.95 bits per heavy atom. The van der Waals surface area contributed by atoms with E-state index in [1.54, 1.807) is 4.90 Å². The molecular weight excluding hydrogens is 248 g/mol. The van der Waals surface area contributed by atoms with Crippen LogP contribution in [0.25, 0.3) is 0 Å². The summed E-state index contributed by atoms with van der Waals surface area (Å²) in [6.07, 6.45) is -0.190. The summed E-state index contributed by atoms with van der Waals surface area (Å²) in [6.45, 7) is 7.48. The van der Waals surface area contributed by atoms with Gasteiger partial charge in [-0.15, -0.1) is 10.2 Å². The highest BCUT2D eigenvalue weighted by Gasteiger charge is 2.37. The number of carbonyl (C=O) groups excluding carboxylic acids is 1. The molecule has 0 unspecified atom stereocenters. The molecule has 0 radical (unpaired) electrons. The van der Waals surface area contributed by atoms with Gasteiger partial charge in [0.15, 0.2) is 0 Å². The molecule has 7 nitrogen and oxygen atoms in total. The van der Waals surface area contributed by atoms with Crippen molar-refractivity contribution in [1.82, 2.24) is 20.0 Å². The van der Waals surface area contributed by atoms with Crippen molar-refractivity contribution in [2.24, 2.45) is 0 Å². The molecule has 7 heteroatoms. The highest BCUT2D eigenvalue weighted by Crippen LogP contribution is 2.19. The molecule has 0 bridgehead atoms. The van der Waals surface area contributed by atoms with Crippen LogP contribution in [0.1, 0.15) is 31.5 Å². The van der Waals surface area contributed by atoms with Crippen LogP contribution in [0.15, 0.2) is 4.42 Å². The van der Waals surface area contributed by atoms with Gasteiger partial charge in [-0.2, -0.15) is 0 Å². The van der Waals surface area contributed by atoms with Crippen molar-refractivity contribution in [2.75, 3.05) is 26.2 Å². The van der Waals surface area contributed by atoms with Crippen LogP contribution in [0.5, 0.6) is 0 Å². The predicted octanol–water partition coefficient (Wildman–Crippen LogP) is 0.829. The summed E-state index contributed by atoms with van der Waals surface area (Å²) < 4.78 is 10.6. The van der Waals surface area contributed by atoms with Crippen LogP contribution < -0.4 is 0 Å². The minimum absolute atomic E-state index is 0.161. The largest absolute Gasteiger partial charge is 0.447 e. The molecule has 0 aromatic carbocycles. The van der Waals surface area contributed by atoms with Gasteiger partial charge in [-0.1, -0.05) is 13.8 Å². The Hall–Kier alpha value is -1.63. The van der Waals surface area contributed by atoms with E-state index in [9.17, 15) is 4.79 Å². The smallest absolute Gasteiger partial charge is 0.410 e. The van der Waals surface area contributed by atoms with Crippen LogP contribution >= 0.6 is 0 Å². The number of hydrogen-bond donors (Lipinski definition) is 0. The average molecular weight is 266 g/mol. The number of piperazine rings is 1. The molecule has 2 aliphatic heterocycles. The number of amides is 1. The zero-order chi connectivity index (χ0) is 13.4. The van der Waals surface area contributed by atoms with Crippen LogP contribution in [-0.2, 0) is 11.3 Å². The summed E-state index contributed by atoms with van der Waals surface area (Å²) in [7, 11) is 0. The van der Waals surface area contributed by atoms with Gasteiger partial charge in [-0.25, -0.2) is 4.79 Å². The lowest BCUT2D eigenvalue weighted by Crippen LogP contribution is -2.51. The SMILES string of the molecule is CC(C)c1nnc(CN2CCN3C(=O)OC[C@H]3C2)o1. The highest BCUT2D eigenvalue weighted by atomic mass is 16.6. The molecule has 2 aliphatic rings. The summed E-state index contributed by atoms with van der Waals surface area (Å²) in [5.74, 6) is 1.56. The van der Waals surface area contributed by atoms with Crippen LogP contribution in [-0.4, -0.2) is 58.4 Å². The molecule has 2 saturated heterocycles. The minimum Gasteiger partial charge on any atom is -0.447 e. The van der Waals surface area contributed by atoms with Crippen molar-refractivity contribution in [3.8, 4) is 0 Å². The second-order valence-corrected chi connectivity index (χ2v) is 5.35. The van der Waals surface area contributed by atoms with Gasteiger partial charge in [0.2, 0.25) is 11.8 Å². The van der Waals surface area contributed by atoms with E-state index in [2.05, 4.69) is 15.1 Å². The molecule has 0 saturated carbocycles. The number of carbonyl (C=O) groups is 1. The number of hydrogen-bond acceptors (Lipinski definition) is 6. The molecule has 1 aromatic rings. The topological polar surface area (TPSA) is 71.7 Å². The molecule has 0 N–H and O–H groups in total. The molecule has 2 fully saturated rings. The Kier molecular flexibility index (Phi) is 3.14. The maximum Gasteiger partial charge on any atom is 0.410 e. The van der Waals surface area contributed by atoms with Gasteiger partial charge in [0.25, 0.3) is 0 Å². The lowest BCUT2D eigenvalue weighted by Gasteiger charge is -2.34. The molecule has 104 valence electrons. The molecule has 0 spiro atoms. The molecule has 1 amide bonds. The summed E-state index contributed by atoms with van der Waals surface area (Å²) in [5, 5.41) is 8.09. The van der Waals surface area contributed by atoms with Crippen molar-refractivity contribution >= 4 is 6.09 Å². The number of aromatic nitrogens is 2. The Morgan fingerprint density at radius 1 is 1.37 bits per heavy atom. The van der Waals surface area contributed by atoms with Crippen LogP contribution in [0.4, 0.5) is 4.79 Å². The molecule has 19 heavy (non-hydrogen) atoms. The second-order valence-electron chi connectivity index (χ2n) is 5.35. The lowest BCUT2D eigenvalue weighted by atomic mass is 10.2. The van der Waals surface area contributed by atoms with E-state index in [1.165, 1.54) is 0 Å². The van der Waals surface area contributed by atoms with Gasteiger partial charge in [-0.3, -0.25) is 9.80 Å². The summed E-state index contributed by atoms with van der Waals surface area (Å²) in [4.78, 5) is 15.4. The van der Waals surface area contributed by atoms with Crippen molar-refractivity contribution in [3.05, 3.63) is 11.8 Å². The van der Waals surface area contributed by atoms with Gasteiger partial charge < -0.3 is 9.15 Å². The second kappa shape index (κ2) is 4.80. The monoisotopic (exact) mass is 266 g/mol. The maximum atomic E-state index is 11.4. The molecule has 1 atom stereocenters. The fourth-order valence-corrected chi connectivity index (χ4v) is 2.45. The minimum atomic E-state index is -0.190. The third-order valence-electron chi connectivity index (χ3n) is 3.54. The molecule has 3 rings (SSSR count). The van der Waals surface area contributed by atoms with Crippen molar-refractivity contribution < 1.29 is 13.9 Å². The van der Waals surface area contributed by atoms with E-state index < -0.39 is 0 Å². The quantitative estimate of drug-likeness (QED) is 0.807. The van der Waals surface area contributed by atoms with E-state index in [1.807, 2.05) is 13.8 Å². The van der Waals surface area contributed by atoms with Crippen LogP contribution in [0.2, 0.25) is 0 Å². The maximum absolute atomic E-state index is 11.4. The van der Waals surface area contributed by atoms with Gasteiger partial charge in [0.05, 0.1) is 12.6 Å². The van der Waals surface area contributed by atoms with Crippen molar-refractivity contribution in [3.63, 3.8) is 0 Å². The first kappa shape index (κ1) is 12.4. The van der Waals surface area contributed by atoms with Crippen LogP contribution in [0.3, 0.4) is 0 Å². The highest BCUT2D eigenvalue weighted by molar-refractivity contribution is 5.70. The summed E-state index contributed by atoms with van der Waals surface area (Å²) in [5.41, 5.74) is 0. The Bertz CT molecular complexity index is 473.